The van der Waals surface area contributed by atoms with Gasteiger partial charge in [-0.3, -0.25) is 0 Å². The van der Waals surface area contributed by atoms with Crippen LogP contribution in [0.4, 0.5) is 21.8 Å². The van der Waals surface area contributed by atoms with Gasteiger partial charge in [0.05, 0.1) is 11.2 Å². The monoisotopic (exact) mass is 387 g/mol. The number of aromatic nitrogens is 4. The molecule has 0 aliphatic carbocycles. The summed E-state index contributed by atoms with van der Waals surface area (Å²) in [7, 11) is 0. The molecule has 1 aliphatic heterocycles. The van der Waals surface area contributed by atoms with E-state index in [1.165, 1.54) is 18.5 Å². The largest absolute Gasteiger partial charge is 0.340 e. The smallest absolute Gasteiger partial charge is 0.226 e. The number of nitrogens with zero attached hydrogens (tertiary/aromatic N) is 5. The predicted octanol–water partition coefficient (Wildman–Crippen LogP) is 3.13. The number of anilines is 3. The minimum absolute atomic E-state index is 0.0346. The van der Waals surface area contributed by atoms with E-state index in [0.29, 0.717) is 34.4 Å². The fraction of sp³-hybridized carbons (Fsp3) is 0.333. The number of nitrogens with two attached hydrogens (primary N) is 1. The highest BCUT2D eigenvalue weighted by Crippen LogP contribution is 2.26. The van der Waals surface area contributed by atoms with Gasteiger partial charge in [0.1, 0.15) is 23.2 Å². The normalized spacial score (nSPS) is 20.1. The quantitative estimate of drug-likeness (QED) is 0.713. The lowest BCUT2D eigenvalue weighted by Crippen LogP contribution is -2.46. The van der Waals surface area contributed by atoms with Crippen molar-refractivity contribution in [3.63, 3.8) is 0 Å². The molecule has 7 nitrogen and oxygen atoms in total. The van der Waals surface area contributed by atoms with Crippen LogP contribution in [-0.4, -0.2) is 39.1 Å². The molecule has 0 amide bonds. The van der Waals surface area contributed by atoms with Crippen molar-refractivity contribution in [1.29, 1.82) is 0 Å². The first kappa shape index (κ1) is 17.8. The topological polar surface area (TPSA) is 92.9 Å². The van der Waals surface area contributed by atoms with Gasteiger partial charge < -0.3 is 16.0 Å². The predicted molar refractivity (Wildman–Crippen MR) is 104 cm³/mol. The van der Waals surface area contributed by atoms with Crippen molar-refractivity contribution in [3.05, 3.63) is 41.6 Å². The van der Waals surface area contributed by atoms with Crippen LogP contribution >= 0.6 is 11.6 Å². The Hall–Kier alpha value is -2.58. The Labute approximate surface area is 160 Å². The van der Waals surface area contributed by atoms with Crippen LogP contribution in [0.3, 0.4) is 0 Å². The van der Waals surface area contributed by atoms with Crippen molar-refractivity contribution in [3.8, 4) is 0 Å². The Balaban J connectivity index is 1.68. The first-order valence-corrected chi connectivity index (χ1v) is 9.09. The zero-order valence-electron chi connectivity index (χ0n) is 14.7. The van der Waals surface area contributed by atoms with Crippen LogP contribution in [0, 0.1) is 11.7 Å². The Morgan fingerprint density at radius 3 is 2.93 bits per heavy atom. The number of rotatable bonds is 3. The molecule has 1 saturated heterocycles. The van der Waals surface area contributed by atoms with Crippen LogP contribution in [-0.2, 0) is 0 Å². The molecule has 1 aliphatic rings. The molecule has 140 valence electrons. The van der Waals surface area contributed by atoms with E-state index in [2.05, 4.69) is 37.1 Å². The Kier molecular flexibility index (Phi) is 4.75. The first-order chi connectivity index (χ1) is 13.0. The number of hydrogen-bond acceptors (Lipinski definition) is 7. The third-order valence-corrected chi connectivity index (χ3v) is 5.09. The Morgan fingerprint density at radius 1 is 1.30 bits per heavy atom. The second-order valence-corrected chi connectivity index (χ2v) is 7.16. The lowest BCUT2D eigenvalue weighted by molar-refractivity contribution is 0.380. The fourth-order valence-electron chi connectivity index (χ4n) is 3.14. The highest BCUT2D eigenvalue weighted by Gasteiger charge is 2.25. The molecule has 0 spiro atoms. The lowest BCUT2D eigenvalue weighted by Gasteiger charge is -2.35. The summed E-state index contributed by atoms with van der Waals surface area (Å²) in [6, 6.07) is 4.59. The highest BCUT2D eigenvalue weighted by molar-refractivity contribution is 6.31. The van der Waals surface area contributed by atoms with Gasteiger partial charge in [0.15, 0.2) is 5.82 Å². The van der Waals surface area contributed by atoms with E-state index in [-0.39, 0.29) is 11.1 Å². The van der Waals surface area contributed by atoms with Gasteiger partial charge in [-0.25, -0.2) is 24.3 Å². The average molecular weight is 388 g/mol. The number of halogens is 2. The van der Waals surface area contributed by atoms with E-state index in [1.54, 1.807) is 12.3 Å². The van der Waals surface area contributed by atoms with Crippen LogP contribution in [0.2, 0.25) is 5.02 Å². The van der Waals surface area contributed by atoms with E-state index in [0.717, 1.165) is 19.5 Å². The van der Waals surface area contributed by atoms with Gasteiger partial charge in [0, 0.05) is 24.8 Å². The molecule has 3 aromatic rings. The van der Waals surface area contributed by atoms with Gasteiger partial charge in [-0.1, -0.05) is 18.5 Å². The molecule has 9 heteroatoms. The molecule has 27 heavy (non-hydrogen) atoms. The molecule has 1 fully saturated rings. The van der Waals surface area contributed by atoms with Crippen molar-refractivity contribution >= 4 is 40.1 Å². The zero-order valence-corrected chi connectivity index (χ0v) is 15.5. The minimum atomic E-state index is -0.475. The molecule has 2 atom stereocenters. The number of fused-ring (bicyclic) bond motifs is 1. The van der Waals surface area contributed by atoms with Gasteiger partial charge in [0.2, 0.25) is 5.95 Å². The molecule has 2 aromatic heterocycles. The minimum Gasteiger partial charge on any atom is -0.340 e. The van der Waals surface area contributed by atoms with Gasteiger partial charge in [-0.05, 0) is 30.5 Å². The van der Waals surface area contributed by atoms with Crippen LogP contribution in [0.5, 0.6) is 0 Å². The Morgan fingerprint density at radius 2 is 2.15 bits per heavy atom. The molecule has 0 bridgehead atoms. The third kappa shape index (κ3) is 3.63. The maximum absolute atomic E-state index is 13.4. The van der Waals surface area contributed by atoms with Gasteiger partial charge in [-0.2, -0.15) is 0 Å². The summed E-state index contributed by atoms with van der Waals surface area (Å²) in [5, 5.41) is 3.16. The summed E-state index contributed by atoms with van der Waals surface area (Å²) >= 11 is 5.86. The van der Waals surface area contributed by atoms with Crippen LogP contribution < -0.4 is 16.0 Å². The van der Waals surface area contributed by atoms with E-state index < -0.39 is 5.82 Å². The molecule has 3 N–H and O–H groups in total. The van der Waals surface area contributed by atoms with Crippen molar-refractivity contribution in [2.45, 2.75) is 19.4 Å². The number of benzene rings is 1. The number of piperidine rings is 1. The fourth-order valence-corrected chi connectivity index (χ4v) is 3.33. The summed E-state index contributed by atoms with van der Waals surface area (Å²) in [4.78, 5) is 19.8. The van der Waals surface area contributed by atoms with E-state index in [9.17, 15) is 4.39 Å². The summed E-state index contributed by atoms with van der Waals surface area (Å²) in [5.41, 5.74) is 7.92. The Bertz CT molecular complexity index is 983. The number of nitrogens with one attached hydrogen (secondary N) is 1. The molecule has 4 rings (SSSR count). The summed E-state index contributed by atoms with van der Waals surface area (Å²) in [5.74, 6) is 1.02. The second kappa shape index (κ2) is 7.21. The zero-order chi connectivity index (χ0) is 19.0. The molecular weight excluding hydrogens is 369 g/mol. The van der Waals surface area contributed by atoms with Crippen LogP contribution in [0.15, 0.2) is 30.7 Å². The number of hydrogen-bond donors (Lipinski definition) is 2. The average Bonchev–Trinajstić information content (AvgIpc) is 2.67. The van der Waals surface area contributed by atoms with E-state index >= 15 is 0 Å². The summed E-state index contributed by atoms with van der Waals surface area (Å²) in [6.07, 6.45) is 4.01. The molecule has 0 saturated carbocycles. The lowest BCUT2D eigenvalue weighted by atomic mass is 9.95. The SMILES string of the molecule is CC1CN(c2ncc3ncnc(Nc4ccc(F)c(Cl)c4)c3n2)CCC1N. The molecular formula is C18H19ClFN7. The van der Waals surface area contributed by atoms with E-state index in [1.807, 2.05) is 0 Å². The molecule has 2 unspecified atom stereocenters. The summed E-state index contributed by atoms with van der Waals surface area (Å²) < 4.78 is 13.4. The van der Waals surface area contributed by atoms with Crippen molar-refractivity contribution in [1.82, 2.24) is 19.9 Å². The van der Waals surface area contributed by atoms with Gasteiger partial charge in [-0.15, -0.1) is 0 Å². The first-order valence-electron chi connectivity index (χ1n) is 8.71. The van der Waals surface area contributed by atoms with Gasteiger partial charge in [0.25, 0.3) is 0 Å². The molecule has 3 heterocycles. The van der Waals surface area contributed by atoms with Crippen molar-refractivity contribution < 1.29 is 4.39 Å². The standard InChI is InChI=1S/C18H19ClFN7/c1-10-8-27(5-4-14(10)21)18-22-7-15-16(26-18)17(24-9-23-15)25-11-2-3-13(20)12(19)6-11/h2-3,6-7,9-10,14H,4-5,8,21H2,1H3,(H,23,24,25). The van der Waals surface area contributed by atoms with Crippen LogP contribution in [0.25, 0.3) is 11.0 Å². The third-order valence-electron chi connectivity index (χ3n) is 4.80. The maximum atomic E-state index is 13.4. The maximum Gasteiger partial charge on any atom is 0.226 e. The van der Waals surface area contributed by atoms with Gasteiger partial charge >= 0.3 is 0 Å². The van der Waals surface area contributed by atoms with Crippen molar-refractivity contribution in [2.24, 2.45) is 11.7 Å². The highest BCUT2D eigenvalue weighted by atomic mass is 35.5. The van der Waals surface area contributed by atoms with Crippen LogP contribution in [0.1, 0.15) is 13.3 Å². The summed E-state index contributed by atoms with van der Waals surface area (Å²) in [6.45, 7) is 3.74. The molecule has 0 radical (unpaired) electrons. The van der Waals surface area contributed by atoms with Crippen molar-refractivity contribution in [2.75, 3.05) is 23.3 Å². The second-order valence-electron chi connectivity index (χ2n) is 6.76. The van der Waals surface area contributed by atoms with E-state index in [4.69, 9.17) is 17.3 Å². The molecule has 1 aromatic carbocycles.